The zero-order chi connectivity index (χ0) is 13.1. The van der Waals surface area contributed by atoms with E-state index in [-0.39, 0.29) is 31.7 Å². The number of carbonyl (C=O) groups is 2. The van der Waals surface area contributed by atoms with Crippen molar-refractivity contribution in [1.82, 2.24) is 0 Å². The number of hydrogen-bond acceptors (Lipinski definition) is 5. The van der Waals surface area contributed by atoms with Gasteiger partial charge < -0.3 is 14.2 Å². The van der Waals surface area contributed by atoms with Crippen molar-refractivity contribution in [3.63, 3.8) is 0 Å². The molecule has 17 heavy (non-hydrogen) atoms. The molecule has 0 aromatic carbocycles. The first-order valence-electron chi connectivity index (χ1n) is 5.66. The molecule has 0 aromatic rings. The summed E-state index contributed by atoms with van der Waals surface area (Å²) >= 11 is 0. The van der Waals surface area contributed by atoms with E-state index in [1.54, 1.807) is 0 Å². The Morgan fingerprint density at radius 3 is 2.47 bits per heavy atom. The molecule has 0 amide bonds. The Balaban J connectivity index is 3.41. The minimum Gasteiger partial charge on any atom is -0.462 e. The van der Waals surface area contributed by atoms with Crippen molar-refractivity contribution in [2.75, 3.05) is 19.8 Å². The molecular formula is C12H20O5. The van der Waals surface area contributed by atoms with Gasteiger partial charge in [0.2, 0.25) is 0 Å². The summed E-state index contributed by atoms with van der Waals surface area (Å²) in [6.07, 6.45) is 2.32. The standard InChI is InChI=1S/C12H20O5/c1-4-10(3)15-7-6-12(14)17-9-8-16-11(13)5-2/h5,10H,2,4,6-9H2,1,3H3. The van der Waals surface area contributed by atoms with Gasteiger partial charge in [0.25, 0.3) is 0 Å². The maximum absolute atomic E-state index is 11.2. The molecule has 0 aliphatic carbocycles. The Hall–Kier alpha value is -1.36. The molecule has 0 N–H and O–H groups in total. The number of rotatable bonds is 9. The van der Waals surface area contributed by atoms with E-state index in [1.807, 2.05) is 13.8 Å². The van der Waals surface area contributed by atoms with Gasteiger partial charge in [-0.2, -0.15) is 0 Å². The van der Waals surface area contributed by atoms with Crippen LogP contribution in [0.2, 0.25) is 0 Å². The molecule has 1 unspecified atom stereocenters. The predicted octanol–water partition coefficient (Wildman–Crippen LogP) is 1.46. The molecule has 0 saturated carbocycles. The fraction of sp³-hybridized carbons (Fsp3) is 0.667. The van der Waals surface area contributed by atoms with Crippen LogP contribution in [0.1, 0.15) is 26.7 Å². The molecule has 0 aliphatic heterocycles. The number of ether oxygens (including phenoxy) is 3. The lowest BCUT2D eigenvalue weighted by molar-refractivity contribution is -0.150. The van der Waals surface area contributed by atoms with Crippen LogP contribution in [0.15, 0.2) is 12.7 Å². The molecule has 0 aliphatic rings. The summed E-state index contributed by atoms with van der Waals surface area (Å²) in [4.78, 5) is 21.8. The third kappa shape index (κ3) is 9.56. The van der Waals surface area contributed by atoms with Crippen molar-refractivity contribution in [1.29, 1.82) is 0 Å². The first-order valence-corrected chi connectivity index (χ1v) is 5.66. The van der Waals surface area contributed by atoms with Crippen molar-refractivity contribution in [3.05, 3.63) is 12.7 Å². The highest BCUT2D eigenvalue weighted by molar-refractivity contribution is 5.81. The smallest absolute Gasteiger partial charge is 0.330 e. The normalized spacial score (nSPS) is 11.6. The topological polar surface area (TPSA) is 61.8 Å². The Kier molecular flexibility index (Phi) is 9.05. The predicted molar refractivity (Wildman–Crippen MR) is 62.4 cm³/mol. The van der Waals surface area contributed by atoms with Crippen molar-refractivity contribution < 1.29 is 23.8 Å². The molecule has 0 heterocycles. The summed E-state index contributed by atoms with van der Waals surface area (Å²) in [5, 5.41) is 0. The zero-order valence-corrected chi connectivity index (χ0v) is 10.4. The second-order valence-electron chi connectivity index (χ2n) is 3.43. The van der Waals surface area contributed by atoms with Crippen LogP contribution < -0.4 is 0 Å². The second-order valence-corrected chi connectivity index (χ2v) is 3.43. The Morgan fingerprint density at radius 1 is 1.24 bits per heavy atom. The van der Waals surface area contributed by atoms with E-state index in [0.717, 1.165) is 12.5 Å². The molecule has 0 rings (SSSR count). The lowest BCUT2D eigenvalue weighted by Crippen LogP contribution is -2.15. The van der Waals surface area contributed by atoms with Gasteiger partial charge in [-0.15, -0.1) is 0 Å². The van der Waals surface area contributed by atoms with E-state index < -0.39 is 5.97 Å². The molecule has 0 bridgehead atoms. The van der Waals surface area contributed by atoms with Crippen molar-refractivity contribution in [2.24, 2.45) is 0 Å². The van der Waals surface area contributed by atoms with Crippen LogP contribution >= 0.6 is 0 Å². The highest BCUT2D eigenvalue weighted by Gasteiger charge is 2.05. The molecule has 0 saturated heterocycles. The molecule has 5 heteroatoms. The molecule has 5 nitrogen and oxygen atoms in total. The first-order chi connectivity index (χ1) is 8.10. The van der Waals surface area contributed by atoms with Crippen LogP contribution in [0, 0.1) is 0 Å². The number of carbonyl (C=O) groups excluding carboxylic acids is 2. The SMILES string of the molecule is C=CC(=O)OCCOC(=O)CCOC(C)CC. The molecule has 0 fully saturated rings. The average molecular weight is 244 g/mol. The fourth-order valence-corrected chi connectivity index (χ4v) is 0.890. The highest BCUT2D eigenvalue weighted by Crippen LogP contribution is 1.97. The summed E-state index contributed by atoms with van der Waals surface area (Å²) in [5.74, 6) is -0.885. The van der Waals surface area contributed by atoms with Gasteiger partial charge in [0.05, 0.1) is 19.1 Å². The molecule has 0 spiro atoms. The lowest BCUT2D eigenvalue weighted by Gasteiger charge is -2.10. The van der Waals surface area contributed by atoms with Crippen molar-refractivity contribution >= 4 is 11.9 Å². The lowest BCUT2D eigenvalue weighted by atomic mass is 10.3. The Bertz CT molecular complexity index is 249. The maximum Gasteiger partial charge on any atom is 0.330 e. The molecular weight excluding hydrogens is 224 g/mol. The third-order valence-corrected chi connectivity index (χ3v) is 2.04. The van der Waals surface area contributed by atoms with E-state index in [2.05, 4.69) is 11.3 Å². The van der Waals surface area contributed by atoms with Crippen molar-refractivity contribution in [2.45, 2.75) is 32.8 Å². The average Bonchev–Trinajstić information content (AvgIpc) is 2.33. The molecule has 0 aromatic heterocycles. The van der Waals surface area contributed by atoms with Crippen LogP contribution in [-0.2, 0) is 23.8 Å². The maximum atomic E-state index is 11.2. The van der Waals surface area contributed by atoms with E-state index in [1.165, 1.54) is 0 Å². The first kappa shape index (κ1) is 15.6. The highest BCUT2D eigenvalue weighted by atomic mass is 16.6. The molecule has 0 radical (unpaired) electrons. The molecule has 98 valence electrons. The number of hydrogen-bond donors (Lipinski definition) is 0. The van der Waals surface area contributed by atoms with Crippen LogP contribution in [0.25, 0.3) is 0 Å². The molecule has 1 atom stereocenters. The van der Waals surface area contributed by atoms with Gasteiger partial charge in [-0.05, 0) is 13.3 Å². The fourth-order valence-electron chi connectivity index (χ4n) is 0.890. The van der Waals surface area contributed by atoms with Crippen LogP contribution in [0.4, 0.5) is 0 Å². The largest absolute Gasteiger partial charge is 0.462 e. The van der Waals surface area contributed by atoms with E-state index in [4.69, 9.17) is 9.47 Å². The summed E-state index contributed by atoms with van der Waals surface area (Å²) in [5.41, 5.74) is 0. The second kappa shape index (κ2) is 9.84. The summed E-state index contributed by atoms with van der Waals surface area (Å²) in [7, 11) is 0. The van der Waals surface area contributed by atoms with Crippen LogP contribution in [0.3, 0.4) is 0 Å². The Morgan fingerprint density at radius 2 is 1.88 bits per heavy atom. The van der Waals surface area contributed by atoms with Crippen LogP contribution in [0.5, 0.6) is 0 Å². The van der Waals surface area contributed by atoms with E-state index >= 15 is 0 Å². The van der Waals surface area contributed by atoms with E-state index in [9.17, 15) is 9.59 Å². The quantitative estimate of drug-likeness (QED) is 0.349. The van der Waals surface area contributed by atoms with Gasteiger partial charge >= 0.3 is 11.9 Å². The minimum absolute atomic E-state index is 0.0445. The number of esters is 2. The van der Waals surface area contributed by atoms with Gasteiger partial charge in [-0.25, -0.2) is 4.79 Å². The van der Waals surface area contributed by atoms with Crippen molar-refractivity contribution in [3.8, 4) is 0 Å². The van der Waals surface area contributed by atoms with Gasteiger partial charge in [0.1, 0.15) is 13.2 Å². The van der Waals surface area contributed by atoms with E-state index in [0.29, 0.717) is 6.61 Å². The monoisotopic (exact) mass is 244 g/mol. The minimum atomic E-state index is -0.527. The summed E-state index contributed by atoms with van der Waals surface area (Å²) in [6, 6.07) is 0. The zero-order valence-electron chi connectivity index (χ0n) is 10.4. The summed E-state index contributed by atoms with van der Waals surface area (Å²) in [6.45, 7) is 7.65. The van der Waals surface area contributed by atoms with Crippen LogP contribution in [-0.4, -0.2) is 37.9 Å². The Labute approximate surface area is 102 Å². The summed E-state index contributed by atoms with van der Waals surface area (Å²) < 4.78 is 14.8. The third-order valence-electron chi connectivity index (χ3n) is 2.04. The van der Waals surface area contributed by atoms with Gasteiger partial charge in [0.15, 0.2) is 0 Å². The van der Waals surface area contributed by atoms with Gasteiger partial charge in [-0.1, -0.05) is 13.5 Å². The van der Waals surface area contributed by atoms with Gasteiger partial charge in [0, 0.05) is 6.08 Å². The van der Waals surface area contributed by atoms with Gasteiger partial charge in [-0.3, -0.25) is 4.79 Å².